The Labute approximate surface area is 79.8 Å². The van der Waals surface area contributed by atoms with Gasteiger partial charge in [-0.15, -0.1) is 0 Å². The quantitative estimate of drug-likeness (QED) is 0.673. The minimum Gasteiger partial charge on any atom is -0.507 e. The Morgan fingerprint density at radius 3 is 2.86 bits per heavy atom. The number of carbonyl (C=O) groups is 1. The number of phenols is 1. The topological polar surface area (TPSA) is 73.3 Å². The third-order valence-corrected chi connectivity index (χ3v) is 2.04. The first-order valence-electron chi connectivity index (χ1n) is 4.18. The molecule has 4 nitrogen and oxygen atoms in total. The number of aromatic hydroxyl groups is 1. The Bertz CT molecular complexity index is 487. The molecule has 1 heterocycles. The monoisotopic (exact) mass is 191 g/mol. The molecule has 1 aromatic heterocycles. The lowest BCUT2D eigenvalue weighted by Crippen LogP contribution is -1.99. The van der Waals surface area contributed by atoms with Crippen LogP contribution < -0.4 is 0 Å². The van der Waals surface area contributed by atoms with E-state index in [1.165, 1.54) is 0 Å². The Morgan fingerprint density at radius 2 is 2.21 bits per heavy atom. The van der Waals surface area contributed by atoms with Crippen molar-refractivity contribution in [1.29, 1.82) is 0 Å². The number of aliphatic carboxylic acids is 1. The lowest BCUT2D eigenvalue weighted by atomic mass is 10.2. The van der Waals surface area contributed by atoms with Crippen molar-refractivity contribution in [2.24, 2.45) is 0 Å². The Kier molecular flexibility index (Phi) is 1.89. The van der Waals surface area contributed by atoms with E-state index in [2.05, 4.69) is 4.98 Å². The number of aromatic amines is 1. The standard InChI is InChI=1S/C10H9NO3/c12-9-3-1-2-8-7(9)4-6(11-8)5-10(13)14/h1-4,11-12H,5H2,(H,13,14). The number of H-pyrrole nitrogens is 1. The van der Waals surface area contributed by atoms with Crippen LogP contribution in [0.15, 0.2) is 24.3 Å². The van der Waals surface area contributed by atoms with Crippen molar-refractivity contribution in [1.82, 2.24) is 4.98 Å². The van der Waals surface area contributed by atoms with E-state index in [1.807, 2.05) is 0 Å². The summed E-state index contributed by atoms with van der Waals surface area (Å²) in [6, 6.07) is 6.72. The summed E-state index contributed by atoms with van der Waals surface area (Å²) in [5.74, 6) is -0.730. The van der Waals surface area contributed by atoms with Crippen LogP contribution in [0.4, 0.5) is 0 Å². The molecule has 0 radical (unpaired) electrons. The highest BCUT2D eigenvalue weighted by Crippen LogP contribution is 2.24. The number of rotatable bonds is 2. The van der Waals surface area contributed by atoms with E-state index in [0.29, 0.717) is 11.1 Å². The van der Waals surface area contributed by atoms with Gasteiger partial charge in [0.15, 0.2) is 0 Å². The van der Waals surface area contributed by atoms with Gasteiger partial charge >= 0.3 is 5.97 Å². The van der Waals surface area contributed by atoms with Gasteiger partial charge in [-0.05, 0) is 18.2 Å². The number of hydrogen-bond donors (Lipinski definition) is 3. The molecule has 14 heavy (non-hydrogen) atoms. The highest BCUT2D eigenvalue weighted by molar-refractivity contribution is 5.87. The summed E-state index contributed by atoms with van der Waals surface area (Å²) in [7, 11) is 0. The molecule has 0 spiro atoms. The zero-order valence-electron chi connectivity index (χ0n) is 7.32. The maximum absolute atomic E-state index is 10.4. The van der Waals surface area contributed by atoms with Crippen LogP contribution in [-0.2, 0) is 11.2 Å². The van der Waals surface area contributed by atoms with Crippen LogP contribution in [0, 0.1) is 0 Å². The maximum Gasteiger partial charge on any atom is 0.309 e. The van der Waals surface area contributed by atoms with Crippen LogP contribution in [0.1, 0.15) is 5.69 Å². The van der Waals surface area contributed by atoms with Crippen molar-refractivity contribution in [2.75, 3.05) is 0 Å². The third kappa shape index (κ3) is 1.42. The van der Waals surface area contributed by atoms with E-state index in [9.17, 15) is 9.90 Å². The van der Waals surface area contributed by atoms with Gasteiger partial charge in [0.05, 0.1) is 6.42 Å². The summed E-state index contributed by atoms with van der Waals surface area (Å²) < 4.78 is 0. The van der Waals surface area contributed by atoms with Crippen LogP contribution in [0.2, 0.25) is 0 Å². The second kappa shape index (κ2) is 3.06. The lowest BCUT2D eigenvalue weighted by molar-refractivity contribution is -0.136. The second-order valence-corrected chi connectivity index (χ2v) is 3.10. The minimum absolute atomic E-state index is 0.0614. The summed E-state index contributed by atoms with van der Waals surface area (Å²) in [4.78, 5) is 13.4. The van der Waals surface area contributed by atoms with E-state index >= 15 is 0 Å². The van der Waals surface area contributed by atoms with Crippen molar-refractivity contribution in [3.63, 3.8) is 0 Å². The predicted molar refractivity (Wildman–Crippen MR) is 51.3 cm³/mol. The molecule has 72 valence electrons. The largest absolute Gasteiger partial charge is 0.507 e. The first-order valence-corrected chi connectivity index (χ1v) is 4.18. The molecule has 0 aliphatic heterocycles. The number of benzene rings is 1. The predicted octanol–water partition coefficient (Wildman–Crippen LogP) is 1.50. The van der Waals surface area contributed by atoms with E-state index in [0.717, 1.165) is 5.52 Å². The molecule has 0 unspecified atom stereocenters. The smallest absolute Gasteiger partial charge is 0.309 e. The molecule has 0 aliphatic carbocycles. The average Bonchev–Trinajstić information content (AvgIpc) is 2.47. The van der Waals surface area contributed by atoms with Crippen LogP contribution >= 0.6 is 0 Å². The van der Waals surface area contributed by atoms with Crippen LogP contribution in [0.25, 0.3) is 10.9 Å². The lowest BCUT2D eigenvalue weighted by Gasteiger charge is -1.91. The summed E-state index contributed by atoms with van der Waals surface area (Å²) in [5, 5.41) is 18.7. The van der Waals surface area contributed by atoms with Crippen molar-refractivity contribution < 1.29 is 15.0 Å². The minimum atomic E-state index is -0.893. The molecular formula is C10H9NO3. The molecule has 2 aromatic rings. The van der Waals surface area contributed by atoms with E-state index in [1.54, 1.807) is 24.3 Å². The van der Waals surface area contributed by atoms with Gasteiger partial charge < -0.3 is 15.2 Å². The SMILES string of the molecule is O=C(O)Cc1cc2c(O)cccc2[nH]1. The van der Waals surface area contributed by atoms with Gasteiger partial charge in [-0.25, -0.2) is 0 Å². The molecule has 0 saturated carbocycles. The van der Waals surface area contributed by atoms with Gasteiger partial charge in [-0.1, -0.05) is 6.07 Å². The number of aromatic nitrogens is 1. The van der Waals surface area contributed by atoms with Crippen molar-refractivity contribution in [2.45, 2.75) is 6.42 Å². The zero-order chi connectivity index (χ0) is 10.1. The van der Waals surface area contributed by atoms with Crippen molar-refractivity contribution in [3.8, 4) is 5.75 Å². The number of carboxylic acids is 1. The summed E-state index contributed by atoms with van der Waals surface area (Å²) >= 11 is 0. The highest BCUT2D eigenvalue weighted by atomic mass is 16.4. The summed E-state index contributed by atoms with van der Waals surface area (Å²) in [6.07, 6.45) is -0.0614. The fraction of sp³-hybridized carbons (Fsp3) is 0.100. The maximum atomic E-state index is 10.4. The molecule has 0 amide bonds. The number of fused-ring (bicyclic) bond motifs is 1. The third-order valence-electron chi connectivity index (χ3n) is 2.04. The molecule has 4 heteroatoms. The van der Waals surface area contributed by atoms with Crippen molar-refractivity contribution in [3.05, 3.63) is 30.0 Å². The molecule has 1 aromatic carbocycles. The van der Waals surface area contributed by atoms with Crippen molar-refractivity contribution >= 4 is 16.9 Å². The van der Waals surface area contributed by atoms with E-state index < -0.39 is 5.97 Å². The number of phenolic OH excluding ortho intramolecular Hbond substituents is 1. The molecule has 0 atom stereocenters. The first-order chi connectivity index (χ1) is 6.66. The Morgan fingerprint density at radius 1 is 1.43 bits per heavy atom. The molecule has 2 rings (SSSR count). The molecule has 3 N–H and O–H groups in total. The van der Waals surface area contributed by atoms with Gasteiger partial charge in [0.2, 0.25) is 0 Å². The fourth-order valence-corrected chi connectivity index (χ4v) is 1.46. The fourth-order valence-electron chi connectivity index (χ4n) is 1.46. The van der Waals surface area contributed by atoms with Crippen LogP contribution in [0.5, 0.6) is 5.75 Å². The van der Waals surface area contributed by atoms with Gasteiger partial charge in [0.25, 0.3) is 0 Å². The Balaban J connectivity index is 2.51. The first kappa shape index (κ1) is 8.62. The normalized spacial score (nSPS) is 10.6. The number of carboxylic acid groups (broad SMARTS) is 1. The molecular weight excluding hydrogens is 182 g/mol. The molecule has 0 aliphatic rings. The van der Waals surface area contributed by atoms with E-state index in [4.69, 9.17) is 5.11 Å². The molecule has 0 fully saturated rings. The Hall–Kier alpha value is -1.97. The van der Waals surface area contributed by atoms with Gasteiger partial charge in [-0.2, -0.15) is 0 Å². The second-order valence-electron chi connectivity index (χ2n) is 3.10. The summed E-state index contributed by atoms with van der Waals surface area (Å²) in [5.41, 5.74) is 1.34. The number of hydrogen-bond acceptors (Lipinski definition) is 2. The molecule has 0 saturated heterocycles. The van der Waals surface area contributed by atoms with Crippen LogP contribution in [0.3, 0.4) is 0 Å². The van der Waals surface area contributed by atoms with E-state index in [-0.39, 0.29) is 12.2 Å². The van der Waals surface area contributed by atoms with Gasteiger partial charge in [0.1, 0.15) is 5.75 Å². The number of nitrogens with one attached hydrogen (secondary N) is 1. The summed E-state index contributed by atoms with van der Waals surface area (Å²) in [6.45, 7) is 0. The average molecular weight is 191 g/mol. The highest BCUT2D eigenvalue weighted by Gasteiger charge is 2.06. The van der Waals surface area contributed by atoms with Gasteiger partial charge in [0, 0.05) is 16.6 Å². The zero-order valence-corrected chi connectivity index (χ0v) is 7.32. The molecule has 0 bridgehead atoms. The van der Waals surface area contributed by atoms with Gasteiger partial charge in [-0.3, -0.25) is 4.79 Å². The van der Waals surface area contributed by atoms with Crippen LogP contribution in [-0.4, -0.2) is 21.2 Å².